The van der Waals surface area contributed by atoms with Crippen LogP contribution in [0.4, 0.5) is 8.78 Å². The monoisotopic (exact) mass is 224 g/mol. The van der Waals surface area contributed by atoms with Crippen molar-refractivity contribution in [2.45, 2.75) is 11.6 Å². The van der Waals surface area contributed by atoms with E-state index in [1.807, 2.05) is 0 Å². The molecule has 1 heterocycles. The number of nitrogens with one attached hydrogen (secondary N) is 1. The van der Waals surface area contributed by atoms with Gasteiger partial charge in [-0.25, -0.2) is 18.2 Å². The van der Waals surface area contributed by atoms with Gasteiger partial charge in [0.05, 0.1) is 0 Å². The van der Waals surface area contributed by atoms with Gasteiger partial charge in [0.2, 0.25) is 0 Å². The summed E-state index contributed by atoms with van der Waals surface area (Å²) in [4.78, 5) is 8.14. The topological polar surface area (TPSA) is 68.3 Å². The van der Waals surface area contributed by atoms with Crippen molar-refractivity contribution in [2.24, 2.45) is 0 Å². The number of hydrogen-bond acceptors (Lipinski definition) is 4. The zero-order valence-corrected chi connectivity index (χ0v) is 7.54. The second-order valence-electron chi connectivity index (χ2n) is 2.13. The molecule has 0 aliphatic heterocycles. The van der Waals surface area contributed by atoms with Crippen LogP contribution >= 0.6 is 0 Å². The molecule has 8 heteroatoms. The van der Waals surface area contributed by atoms with Crippen molar-refractivity contribution in [1.29, 1.82) is 0 Å². The Morgan fingerprint density at radius 2 is 2.14 bits per heavy atom. The number of rotatable bonds is 4. The minimum absolute atomic E-state index is 0.388. The molecule has 0 aliphatic rings. The van der Waals surface area contributed by atoms with Crippen molar-refractivity contribution in [1.82, 2.24) is 9.87 Å². The molecule has 14 heavy (non-hydrogen) atoms. The summed E-state index contributed by atoms with van der Waals surface area (Å²) in [5, 5.41) is -0.388. The molecule has 1 aromatic rings. The molecule has 0 fully saturated rings. The van der Waals surface area contributed by atoms with Gasteiger partial charge in [-0.05, 0) is 12.1 Å². The first-order valence-corrected chi connectivity index (χ1v) is 4.87. The molecular weight excluding hydrogens is 218 g/mol. The second kappa shape index (κ2) is 4.40. The Hall–Kier alpha value is -1.12. The van der Waals surface area contributed by atoms with Crippen LogP contribution in [0.1, 0.15) is 0 Å². The molecule has 0 bridgehead atoms. The summed E-state index contributed by atoms with van der Waals surface area (Å²) in [7, 11) is -4.12. The van der Waals surface area contributed by atoms with Crippen LogP contribution in [0.25, 0.3) is 0 Å². The summed E-state index contributed by atoms with van der Waals surface area (Å²) < 4.78 is 45.2. The zero-order chi connectivity index (χ0) is 10.6. The zero-order valence-electron chi connectivity index (χ0n) is 6.72. The van der Waals surface area contributed by atoms with Gasteiger partial charge in [-0.3, -0.25) is 0 Å². The number of pyridine rings is 1. The number of nitrogens with zero attached hydrogens (tertiary/aromatic N) is 1. The van der Waals surface area contributed by atoms with Gasteiger partial charge in [0.1, 0.15) is 0 Å². The maximum atomic E-state index is 11.5. The van der Waals surface area contributed by atoms with Crippen molar-refractivity contribution in [3.8, 4) is 0 Å². The summed E-state index contributed by atoms with van der Waals surface area (Å²) >= 11 is 0. The highest BCUT2D eigenvalue weighted by Gasteiger charge is 2.17. The first-order valence-electron chi connectivity index (χ1n) is 3.39. The number of halogens is 2. The van der Waals surface area contributed by atoms with Crippen LogP contribution in [0.2, 0.25) is 0 Å². The molecule has 0 aliphatic carbocycles. The molecule has 5 nitrogen and oxygen atoms in total. The van der Waals surface area contributed by atoms with E-state index in [9.17, 15) is 17.2 Å². The normalized spacial score (nSPS) is 11.9. The molecule has 1 rings (SSSR count). The van der Waals surface area contributed by atoms with Crippen molar-refractivity contribution < 1.29 is 22.0 Å². The highest BCUT2D eigenvalue weighted by atomic mass is 32.2. The molecule has 0 amide bonds. The lowest BCUT2D eigenvalue weighted by atomic mass is 10.5. The Kier molecular flexibility index (Phi) is 3.44. The van der Waals surface area contributed by atoms with Gasteiger partial charge in [-0.1, -0.05) is 11.0 Å². The van der Waals surface area contributed by atoms with E-state index >= 15 is 0 Å². The maximum Gasteiger partial charge on any atom is 0.361 e. The third-order valence-electron chi connectivity index (χ3n) is 1.16. The average molecular weight is 224 g/mol. The highest BCUT2D eigenvalue weighted by Crippen LogP contribution is 2.04. The molecular formula is C6H6F2N2O3S. The fourth-order valence-corrected chi connectivity index (χ4v) is 1.39. The predicted octanol–water partition coefficient (Wildman–Crippen LogP) is 0.514. The number of hydrogen-bond donors (Lipinski definition) is 1. The predicted molar refractivity (Wildman–Crippen MR) is 41.6 cm³/mol. The molecule has 0 unspecified atom stereocenters. The standard InChI is InChI=1S/C6H6F2N2O3S/c7-6(8)13-10-14(11,12)5-3-1-2-4-9-5/h1-4,6,10H. The Bertz CT molecular complexity index is 381. The van der Waals surface area contributed by atoms with E-state index < -0.39 is 16.6 Å². The van der Waals surface area contributed by atoms with Crippen LogP contribution in [-0.4, -0.2) is 20.0 Å². The molecule has 1 N–H and O–H groups in total. The van der Waals surface area contributed by atoms with E-state index in [4.69, 9.17) is 0 Å². The van der Waals surface area contributed by atoms with E-state index in [1.165, 1.54) is 23.2 Å². The molecule has 0 saturated heterocycles. The largest absolute Gasteiger partial charge is 0.361 e. The van der Waals surface area contributed by atoms with Gasteiger partial charge in [-0.15, -0.1) is 0 Å². The Morgan fingerprint density at radius 3 is 2.64 bits per heavy atom. The van der Waals surface area contributed by atoms with E-state index in [0.29, 0.717) is 0 Å². The minimum atomic E-state index is -4.12. The lowest BCUT2D eigenvalue weighted by Gasteiger charge is -2.04. The van der Waals surface area contributed by atoms with Crippen molar-refractivity contribution in [2.75, 3.05) is 0 Å². The van der Waals surface area contributed by atoms with Crippen LogP contribution in [0, 0.1) is 0 Å². The van der Waals surface area contributed by atoms with Crippen LogP contribution in [0.5, 0.6) is 0 Å². The lowest BCUT2D eigenvalue weighted by Crippen LogP contribution is -2.26. The van der Waals surface area contributed by atoms with Gasteiger partial charge in [0.15, 0.2) is 5.03 Å². The Balaban J connectivity index is 2.77. The van der Waals surface area contributed by atoms with E-state index in [2.05, 4.69) is 9.82 Å². The van der Waals surface area contributed by atoms with E-state index in [1.54, 1.807) is 0 Å². The minimum Gasteiger partial charge on any atom is -0.243 e. The first kappa shape index (κ1) is 11.0. The van der Waals surface area contributed by atoms with Gasteiger partial charge in [-0.2, -0.15) is 8.78 Å². The van der Waals surface area contributed by atoms with Gasteiger partial charge < -0.3 is 0 Å². The SMILES string of the molecule is O=S(=O)(NOC(F)F)c1ccccn1. The maximum absolute atomic E-state index is 11.5. The van der Waals surface area contributed by atoms with Gasteiger partial charge in [0.25, 0.3) is 10.0 Å². The summed E-state index contributed by atoms with van der Waals surface area (Å²) in [5.41, 5.74) is 0. The number of alkyl halides is 2. The second-order valence-corrected chi connectivity index (χ2v) is 3.73. The summed E-state index contributed by atoms with van der Waals surface area (Å²) in [6.45, 7) is -3.21. The van der Waals surface area contributed by atoms with Crippen molar-refractivity contribution >= 4 is 10.0 Å². The molecule has 0 radical (unpaired) electrons. The summed E-state index contributed by atoms with van der Waals surface area (Å²) in [6, 6.07) is 4.05. The summed E-state index contributed by atoms with van der Waals surface area (Å²) in [5.74, 6) is 0. The molecule has 0 atom stereocenters. The number of sulfonamides is 1. The highest BCUT2D eigenvalue weighted by molar-refractivity contribution is 7.89. The fourth-order valence-electron chi connectivity index (χ4n) is 0.648. The smallest absolute Gasteiger partial charge is 0.243 e. The van der Waals surface area contributed by atoms with Crippen LogP contribution < -0.4 is 4.89 Å². The van der Waals surface area contributed by atoms with E-state index in [-0.39, 0.29) is 5.03 Å². The third kappa shape index (κ3) is 2.98. The molecule has 1 aromatic heterocycles. The van der Waals surface area contributed by atoms with Crippen LogP contribution in [0.15, 0.2) is 29.4 Å². The molecule has 0 saturated carbocycles. The van der Waals surface area contributed by atoms with Crippen molar-refractivity contribution in [3.63, 3.8) is 0 Å². The number of aromatic nitrogens is 1. The van der Waals surface area contributed by atoms with Crippen molar-refractivity contribution in [3.05, 3.63) is 24.4 Å². The molecule has 0 spiro atoms. The van der Waals surface area contributed by atoms with E-state index in [0.717, 1.165) is 6.07 Å². The lowest BCUT2D eigenvalue weighted by molar-refractivity contribution is -0.150. The van der Waals surface area contributed by atoms with Gasteiger partial charge >= 0.3 is 6.61 Å². The van der Waals surface area contributed by atoms with Crippen LogP contribution in [0.3, 0.4) is 0 Å². The molecule has 78 valence electrons. The Morgan fingerprint density at radius 1 is 1.43 bits per heavy atom. The van der Waals surface area contributed by atoms with Gasteiger partial charge in [0, 0.05) is 6.20 Å². The Labute approximate surface area is 78.7 Å². The fraction of sp³-hybridized carbons (Fsp3) is 0.167. The first-order chi connectivity index (χ1) is 6.52. The molecule has 0 aromatic carbocycles. The average Bonchev–Trinajstić information content (AvgIpc) is 2.16. The quantitative estimate of drug-likeness (QED) is 0.757. The summed E-state index contributed by atoms with van der Waals surface area (Å²) in [6.07, 6.45) is 1.22. The third-order valence-corrected chi connectivity index (χ3v) is 2.27. The van der Waals surface area contributed by atoms with Crippen LogP contribution in [-0.2, 0) is 14.9 Å².